The van der Waals surface area contributed by atoms with E-state index >= 15 is 0 Å². The molecule has 0 saturated heterocycles. The molecule has 0 fully saturated rings. The molecule has 0 aliphatic carbocycles. The van der Waals surface area contributed by atoms with Crippen LogP contribution in [-0.4, -0.2) is 29.3 Å². The van der Waals surface area contributed by atoms with E-state index in [4.69, 9.17) is 10.2 Å². The van der Waals surface area contributed by atoms with Gasteiger partial charge in [0.15, 0.2) is 24.6 Å². The zero-order valence-electron chi connectivity index (χ0n) is 14.1. The largest absolute Gasteiger partial charge is 0.459 e. The summed E-state index contributed by atoms with van der Waals surface area (Å²) in [4.78, 5) is 19.5. The Morgan fingerprint density at radius 1 is 1.37 bits per heavy atom. The molecule has 0 bridgehead atoms. The zero-order valence-corrected chi connectivity index (χ0v) is 14.1. The van der Waals surface area contributed by atoms with Crippen molar-refractivity contribution in [2.75, 3.05) is 6.61 Å². The van der Waals surface area contributed by atoms with Crippen molar-refractivity contribution in [3.8, 4) is 0 Å². The molecule has 2 heterocycles. The number of oxazole rings is 1. The molecule has 2 N–H and O–H groups in total. The number of aromatic nitrogens is 1. The molecular formula is C17H15F4N3O3. The number of carbonyl (C=O) groups is 1. The van der Waals surface area contributed by atoms with Crippen LogP contribution in [0, 0.1) is 5.82 Å². The first-order chi connectivity index (χ1) is 12.7. The summed E-state index contributed by atoms with van der Waals surface area (Å²) in [5.41, 5.74) is 2.81. The summed E-state index contributed by atoms with van der Waals surface area (Å²) < 4.78 is 65.0. The number of rotatable bonds is 5. The normalized spacial score (nSPS) is 21.4. The summed E-state index contributed by atoms with van der Waals surface area (Å²) in [6, 6.07) is 2.89. The topological polar surface area (TPSA) is 90.7 Å². The van der Waals surface area contributed by atoms with Crippen LogP contribution in [0.1, 0.15) is 34.4 Å². The Kier molecular flexibility index (Phi) is 4.66. The molecule has 1 atom stereocenters. The van der Waals surface area contributed by atoms with Gasteiger partial charge >= 0.3 is 5.92 Å². The summed E-state index contributed by atoms with van der Waals surface area (Å²) in [5, 5.41) is 0. The number of ketones is 1. The lowest BCUT2D eigenvalue weighted by atomic mass is 9.84. The van der Waals surface area contributed by atoms with Crippen molar-refractivity contribution < 1.29 is 31.5 Å². The van der Waals surface area contributed by atoms with Gasteiger partial charge in [0.1, 0.15) is 17.8 Å². The van der Waals surface area contributed by atoms with Crippen LogP contribution in [0.25, 0.3) is 0 Å². The highest BCUT2D eigenvalue weighted by molar-refractivity contribution is 5.95. The molecule has 1 aliphatic heterocycles. The predicted octanol–water partition coefficient (Wildman–Crippen LogP) is 2.90. The minimum Gasteiger partial charge on any atom is -0.459 e. The molecule has 10 heteroatoms. The zero-order chi connectivity index (χ0) is 19.8. The number of nitrogens with zero attached hydrogens (tertiary/aromatic N) is 2. The Hall–Kier alpha value is -2.91. The van der Waals surface area contributed by atoms with Gasteiger partial charge in [-0.3, -0.25) is 4.79 Å². The number of alkyl halides is 3. The van der Waals surface area contributed by atoms with Gasteiger partial charge in [0.2, 0.25) is 5.89 Å². The van der Waals surface area contributed by atoms with Crippen LogP contribution in [0.4, 0.5) is 17.6 Å². The van der Waals surface area contributed by atoms with Crippen molar-refractivity contribution in [2.24, 2.45) is 10.7 Å². The van der Waals surface area contributed by atoms with E-state index in [-0.39, 0.29) is 23.6 Å². The molecule has 0 unspecified atom stereocenters. The van der Waals surface area contributed by atoms with Crippen LogP contribution in [0.5, 0.6) is 0 Å². The number of ether oxygens (including phenoxy) is 1. The predicted molar refractivity (Wildman–Crippen MR) is 85.6 cm³/mol. The maximum absolute atomic E-state index is 14.4. The molecule has 27 heavy (non-hydrogen) atoms. The monoisotopic (exact) mass is 385 g/mol. The summed E-state index contributed by atoms with van der Waals surface area (Å²) in [6.45, 7) is -0.979. The lowest BCUT2D eigenvalue weighted by Gasteiger charge is -2.37. The van der Waals surface area contributed by atoms with E-state index in [0.717, 1.165) is 25.3 Å². The van der Waals surface area contributed by atoms with Gasteiger partial charge in [-0.05, 0) is 24.6 Å². The Bertz CT molecular complexity index is 913. The smallest absolute Gasteiger partial charge is 0.310 e. The number of nitrogens with two attached hydrogens (primary N) is 1. The first-order valence-electron chi connectivity index (χ1n) is 7.84. The van der Waals surface area contributed by atoms with Crippen LogP contribution in [0.3, 0.4) is 0 Å². The molecule has 0 spiro atoms. The third-order valence-corrected chi connectivity index (χ3v) is 4.32. The Balaban J connectivity index is 1.95. The minimum absolute atomic E-state index is 0.113. The van der Waals surface area contributed by atoms with Crippen LogP contribution in [0.15, 0.2) is 33.9 Å². The van der Waals surface area contributed by atoms with Gasteiger partial charge in [0.05, 0.1) is 0 Å². The standard InChI is InChI=1S/C17H15F4N3O3/c1-16(17(20,21)8-27-15(22)24-16)10-4-9(2-3-11(10)19)5-13(25)12-7-26-14(6-18)23-12/h2-4,7H,5-6,8H2,1H3,(H2,22,24)/t16-/m1/s1. The fourth-order valence-corrected chi connectivity index (χ4v) is 2.73. The average molecular weight is 385 g/mol. The summed E-state index contributed by atoms with van der Waals surface area (Å²) in [7, 11) is 0. The highest BCUT2D eigenvalue weighted by Crippen LogP contribution is 2.44. The summed E-state index contributed by atoms with van der Waals surface area (Å²) in [5.74, 6) is -5.24. The molecule has 1 aliphatic rings. The van der Waals surface area contributed by atoms with Crippen molar-refractivity contribution in [3.05, 3.63) is 53.0 Å². The number of hydrogen-bond acceptors (Lipinski definition) is 6. The second-order valence-electron chi connectivity index (χ2n) is 6.19. The average Bonchev–Trinajstić information content (AvgIpc) is 3.10. The molecule has 0 radical (unpaired) electrons. The lowest BCUT2D eigenvalue weighted by Crippen LogP contribution is -2.51. The number of benzene rings is 1. The van der Waals surface area contributed by atoms with E-state index in [2.05, 4.69) is 14.7 Å². The molecule has 3 rings (SSSR count). The minimum atomic E-state index is -3.53. The quantitative estimate of drug-likeness (QED) is 0.631. The van der Waals surface area contributed by atoms with Crippen molar-refractivity contribution >= 4 is 11.8 Å². The van der Waals surface area contributed by atoms with Gasteiger partial charge in [-0.1, -0.05) is 6.07 Å². The third-order valence-electron chi connectivity index (χ3n) is 4.32. The SMILES string of the molecule is C[C@]1(c2cc(CC(=O)c3coc(CF)n3)ccc2F)N=C(N)OCC1(F)F. The second-order valence-corrected chi connectivity index (χ2v) is 6.19. The lowest BCUT2D eigenvalue weighted by molar-refractivity contribution is -0.117. The molecule has 0 saturated carbocycles. The second kappa shape index (κ2) is 6.67. The Morgan fingerprint density at radius 2 is 2.11 bits per heavy atom. The summed E-state index contributed by atoms with van der Waals surface area (Å²) >= 11 is 0. The van der Waals surface area contributed by atoms with Crippen LogP contribution in [0.2, 0.25) is 0 Å². The molecule has 1 aromatic heterocycles. The summed E-state index contributed by atoms with van der Waals surface area (Å²) in [6.07, 6.45) is 0.726. The van der Waals surface area contributed by atoms with E-state index in [1.807, 2.05) is 0 Å². The van der Waals surface area contributed by atoms with Gasteiger partial charge in [0.25, 0.3) is 6.02 Å². The van der Waals surface area contributed by atoms with Crippen molar-refractivity contribution in [3.63, 3.8) is 0 Å². The number of aliphatic imine (C=N–C) groups is 1. The number of Topliss-reactive ketones (excluding diaryl/α,β-unsaturated/α-hetero) is 1. The van der Waals surface area contributed by atoms with Crippen LogP contribution < -0.4 is 5.73 Å². The fraction of sp³-hybridized carbons (Fsp3) is 0.353. The Labute approximate surface area is 151 Å². The number of amidine groups is 1. The molecule has 6 nitrogen and oxygen atoms in total. The highest BCUT2D eigenvalue weighted by Gasteiger charge is 2.56. The number of carbonyl (C=O) groups excluding carboxylic acids is 1. The van der Waals surface area contributed by atoms with E-state index in [9.17, 15) is 22.4 Å². The van der Waals surface area contributed by atoms with Crippen molar-refractivity contribution in [1.82, 2.24) is 4.98 Å². The maximum Gasteiger partial charge on any atom is 0.310 e. The number of hydrogen-bond donors (Lipinski definition) is 1. The van der Waals surface area contributed by atoms with E-state index in [0.29, 0.717) is 0 Å². The third kappa shape index (κ3) is 3.38. The molecule has 2 aromatic rings. The maximum atomic E-state index is 14.4. The molecule has 1 aromatic carbocycles. The van der Waals surface area contributed by atoms with Gasteiger partial charge in [-0.15, -0.1) is 0 Å². The fourth-order valence-electron chi connectivity index (χ4n) is 2.73. The molecule has 144 valence electrons. The van der Waals surface area contributed by atoms with Crippen LogP contribution >= 0.6 is 0 Å². The van der Waals surface area contributed by atoms with E-state index < -0.39 is 47.9 Å². The first-order valence-corrected chi connectivity index (χ1v) is 7.84. The van der Waals surface area contributed by atoms with Crippen molar-refractivity contribution in [2.45, 2.75) is 31.5 Å². The highest BCUT2D eigenvalue weighted by atomic mass is 19.3. The first kappa shape index (κ1) is 18.9. The molecule has 0 amide bonds. The van der Waals surface area contributed by atoms with Gasteiger partial charge < -0.3 is 14.9 Å². The van der Waals surface area contributed by atoms with E-state index in [1.54, 1.807) is 0 Å². The van der Waals surface area contributed by atoms with Gasteiger partial charge in [-0.2, -0.15) is 8.78 Å². The van der Waals surface area contributed by atoms with E-state index in [1.165, 1.54) is 6.07 Å². The van der Waals surface area contributed by atoms with Gasteiger partial charge in [-0.25, -0.2) is 18.8 Å². The van der Waals surface area contributed by atoms with Crippen molar-refractivity contribution in [1.29, 1.82) is 0 Å². The van der Waals surface area contributed by atoms with Crippen LogP contribution in [-0.2, 0) is 23.4 Å². The van der Waals surface area contributed by atoms with Gasteiger partial charge in [0, 0.05) is 12.0 Å². The number of halogens is 4. The Morgan fingerprint density at radius 3 is 2.78 bits per heavy atom. The molecular weight excluding hydrogens is 370 g/mol.